The zero-order valence-electron chi connectivity index (χ0n) is 8.94. The molecule has 1 aromatic heterocycles. The molecule has 17 heavy (non-hydrogen) atoms. The fourth-order valence-electron chi connectivity index (χ4n) is 1.75. The molecule has 0 saturated carbocycles. The van der Waals surface area contributed by atoms with Crippen molar-refractivity contribution in [3.8, 4) is 6.07 Å². The first-order valence-corrected chi connectivity index (χ1v) is 6.53. The molecule has 0 spiro atoms. The van der Waals surface area contributed by atoms with E-state index in [1.54, 1.807) is 6.07 Å². The fourth-order valence-corrected chi connectivity index (χ4v) is 3.34. The van der Waals surface area contributed by atoms with Crippen LogP contribution in [-0.2, 0) is 10.0 Å². The quantitative estimate of drug-likeness (QED) is 0.781. The fraction of sp³-hybridized carbons (Fsp3) is 0.400. The number of rotatable bonds is 2. The first-order chi connectivity index (χ1) is 8.05. The number of sulfonamides is 1. The van der Waals surface area contributed by atoms with Gasteiger partial charge in [-0.25, -0.2) is 13.4 Å². The Bertz CT molecular complexity index is 564. The van der Waals surface area contributed by atoms with Gasteiger partial charge in [-0.15, -0.1) is 0 Å². The van der Waals surface area contributed by atoms with Crippen molar-refractivity contribution in [3.05, 3.63) is 24.0 Å². The van der Waals surface area contributed by atoms with Crippen LogP contribution >= 0.6 is 0 Å². The summed E-state index contributed by atoms with van der Waals surface area (Å²) < 4.78 is 25.5. The van der Waals surface area contributed by atoms with Gasteiger partial charge >= 0.3 is 0 Å². The average Bonchev–Trinajstić information content (AvgIpc) is 2.76. The lowest BCUT2D eigenvalue weighted by atomic mass is 10.3. The van der Waals surface area contributed by atoms with Crippen LogP contribution in [0.15, 0.2) is 23.2 Å². The van der Waals surface area contributed by atoms with Crippen molar-refractivity contribution in [2.24, 2.45) is 0 Å². The SMILES string of the molecule is N#Cc1ncccc1S(=O)(=O)N1CC[C@@H](O)C1. The Hall–Kier alpha value is -1.49. The molecule has 2 rings (SSSR count). The van der Waals surface area contributed by atoms with Crippen LogP contribution in [0, 0.1) is 11.3 Å². The molecular weight excluding hydrogens is 242 g/mol. The van der Waals surface area contributed by atoms with Gasteiger partial charge in [0.25, 0.3) is 0 Å². The molecule has 0 radical (unpaired) electrons. The molecule has 2 heterocycles. The number of nitriles is 1. The second-order valence-corrected chi connectivity index (χ2v) is 5.67. The smallest absolute Gasteiger partial charge is 0.246 e. The molecule has 1 N–H and O–H groups in total. The van der Waals surface area contributed by atoms with Gasteiger partial charge in [0.05, 0.1) is 6.10 Å². The van der Waals surface area contributed by atoms with Crippen LogP contribution in [0.4, 0.5) is 0 Å². The summed E-state index contributed by atoms with van der Waals surface area (Å²) in [6, 6.07) is 4.58. The number of nitrogens with zero attached hydrogens (tertiary/aromatic N) is 3. The highest BCUT2D eigenvalue weighted by molar-refractivity contribution is 7.89. The van der Waals surface area contributed by atoms with E-state index in [4.69, 9.17) is 5.26 Å². The predicted molar refractivity (Wildman–Crippen MR) is 58.3 cm³/mol. The molecule has 0 unspecified atom stereocenters. The molecule has 0 bridgehead atoms. The highest BCUT2D eigenvalue weighted by atomic mass is 32.2. The summed E-state index contributed by atoms with van der Waals surface area (Å²) in [5, 5.41) is 18.2. The van der Waals surface area contributed by atoms with Gasteiger partial charge in [-0.3, -0.25) is 0 Å². The normalized spacial score (nSPS) is 21.3. The Labute approximate surface area is 99.2 Å². The maximum Gasteiger partial charge on any atom is 0.246 e. The van der Waals surface area contributed by atoms with Crippen LogP contribution in [0.3, 0.4) is 0 Å². The molecule has 90 valence electrons. The van der Waals surface area contributed by atoms with Crippen LogP contribution in [0.2, 0.25) is 0 Å². The zero-order chi connectivity index (χ0) is 12.5. The minimum absolute atomic E-state index is 0.0715. The minimum atomic E-state index is -3.73. The largest absolute Gasteiger partial charge is 0.392 e. The van der Waals surface area contributed by atoms with E-state index < -0.39 is 16.1 Å². The molecule has 0 amide bonds. The number of aromatic nitrogens is 1. The van der Waals surface area contributed by atoms with E-state index in [9.17, 15) is 13.5 Å². The van der Waals surface area contributed by atoms with Gasteiger partial charge < -0.3 is 5.11 Å². The van der Waals surface area contributed by atoms with Gasteiger partial charge in [0.2, 0.25) is 10.0 Å². The number of hydrogen-bond donors (Lipinski definition) is 1. The van der Waals surface area contributed by atoms with Gasteiger partial charge in [0, 0.05) is 19.3 Å². The third-order valence-electron chi connectivity index (χ3n) is 2.62. The molecule has 1 fully saturated rings. The van der Waals surface area contributed by atoms with Crippen molar-refractivity contribution in [1.29, 1.82) is 5.26 Å². The van der Waals surface area contributed by atoms with Crippen molar-refractivity contribution in [3.63, 3.8) is 0 Å². The van der Waals surface area contributed by atoms with E-state index in [-0.39, 0.29) is 23.7 Å². The second-order valence-electron chi connectivity index (χ2n) is 3.77. The highest BCUT2D eigenvalue weighted by Crippen LogP contribution is 2.22. The van der Waals surface area contributed by atoms with Crippen LogP contribution in [-0.4, -0.2) is 42.0 Å². The van der Waals surface area contributed by atoms with Crippen molar-refractivity contribution in [2.75, 3.05) is 13.1 Å². The number of aliphatic hydroxyl groups excluding tert-OH is 1. The molecule has 0 aliphatic carbocycles. The molecule has 6 nitrogen and oxygen atoms in total. The Balaban J connectivity index is 2.42. The monoisotopic (exact) mass is 253 g/mol. The summed E-state index contributed by atoms with van der Waals surface area (Å²) >= 11 is 0. The highest BCUT2D eigenvalue weighted by Gasteiger charge is 2.33. The van der Waals surface area contributed by atoms with Crippen LogP contribution < -0.4 is 0 Å². The third kappa shape index (κ3) is 2.15. The number of aliphatic hydroxyl groups is 1. The van der Waals surface area contributed by atoms with Gasteiger partial charge in [0.15, 0.2) is 5.69 Å². The molecule has 1 aliphatic rings. The Morgan fingerprint density at radius 3 is 2.94 bits per heavy atom. The van der Waals surface area contributed by atoms with E-state index in [2.05, 4.69) is 4.98 Å². The lowest BCUT2D eigenvalue weighted by Crippen LogP contribution is -2.30. The lowest BCUT2D eigenvalue weighted by molar-refractivity contribution is 0.189. The van der Waals surface area contributed by atoms with E-state index in [0.29, 0.717) is 6.42 Å². The van der Waals surface area contributed by atoms with Gasteiger partial charge in [-0.1, -0.05) is 0 Å². The van der Waals surface area contributed by atoms with Crippen molar-refractivity contribution in [1.82, 2.24) is 9.29 Å². The molecule has 1 aliphatic heterocycles. The molecule has 1 aromatic rings. The Morgan fingerprint density at radius 2 is 2.35 bits per heavy atom. The first-order valence-electron chi connectivity index (χ1n) is 5.09. The first kappa shape index (κ1) is 12.0. The molecule has 7 heteroatoms. The standard InChI is InChI=1S/C10H11N3O3S/c11-6-9-10(2-1-4-12-9)17(15,16)13-5-3-8(14)7-13/h1-2,4,8,14H,3,5,7H2/t8-/m1/s1. The van der Waals surface area contributed by atoms with Gasteiger partial charge in [-0.05, 0) is 18.6 Å². The summed E-state index contributed by atoms with van der Waals surface area (Å²) in [4.78, 5) is 3.62. The van der Waals surface area contributed by atoms with Crippen LogP contribution in [0.25, 0.3) is 0 Å². The number of β-amino-alcohol motifs (C(OH)–C–C–N with tert-alkyl or cyclic N) is 1. The number of pyridine rings is 1. The van der Waals surface area contributed by atoms with Crippen molar-refractivity contribution in [2.45, 2.75) is 17.4 Å². The lowest BCUT2D eigenvalue weighted by Gasteiger charge is -2.15. The Morgan fingerprint density at radius 1 is 1.59 bits per heavy atom. The summed E-state index contributed by atoms with van der Waals surface area (Å²) in [6.07, 6.45) is 1.16. The molecule has 1 atom stereocenters. The maximum absolute atomic E-state index is 12.2. The van der Waals surface area contributed by atoms with Crippen LogP contribution in [0.5, 0.6) is 0 Å². The van der Waals surface area contributed by atoms with Crippen LogP contribution in [0.1, 0.15) is 12.1 Å². The third-order valence-corrected chi connectivity index (χ3v) is 4.52. The predicted octanol–water partition coefficient (Wildman–Crippen LogP) is -0.291. The minimum Gasteiger partial charge on any atom is -0.392 e. The van der Waals surface area contributed by atoms with Gasteiger partial charge in [-0.2, -0.15) is 9.57 Å². The summed E-state index contributed by atoms with van der Waals surface area (Å²) in [5.41, 5.74) is -0.117. The summed E-state index contributed by atoms with van der Waals surface area (Å²) in [5.74, 6) is 0. The van der Waals surface area contributed by atoms with Crippen molar-refractivity contribution >= 4 is 10.0 Å². The van der Waals surface area contributed by atoms with E-state index >= 15 is 0 Å². The molecule has 0 aromatic carbocycles. The molecular formula is C10H11N3O3S. The van der Waals surface area contributed by atoms with E-state index in [1.165, 1.54) is 22.6 Å². The summed E-state index contributed by atoms with van der Waals surface area (Å²) in [6.45, 7) is 0.339. The Kier molecular flexibility index (Phi) is 3.11. The maximum atomic E-state index is 12.2. The van der Waals surface area contributed by atoms with E-state index in [0.717, 1.165) is 0 Å². The zero-order valence-corrected chi connectivity index (χ0v) is 9.76. The second kappa shape index (κ2) is 4.41. The van der Waals surface area contributed by atoms with Crippen molar-refractivity contribution < 1.29 is 13.5 Å². The number of hydrogen-bond acceptors (Lipinski definition) is 5. The van der Waals surface area contributed by atoms with E-state index in [1.807, 2.05) is 0 Å². The topological polar surface area (TPSA) is 94.3 Å². The van der Waals surface area contributed by atoms with Gasteiger partial charge in [0.1, 0.15) is 11.0 Å². The summed E-state index contributed by atoms with van der Waals surface area (Å²) in [7, 11) is -3.73. The average molecular weight is 253 g/mol. The molecule has 1 saturated heterocycles.